The van der Waals surface area contributed by atoms with E-state index in [4.69, 9.17) is 0 Å². The van der Waals surface area contributed by atoms with Crippen molar-refractivity contribution in [3.05, 3.63) is 46.1 Å². The van der Waals surface area contributed by atoms with Gasteiger partial charge in [0.2, 0.25) is 0 Å². The molecule has 0 saturated heterocycles. The molecule has 17 heavy (non-hydrogen) atoms. The molecule has 0 fully saturated rings. The fraction of sp³-hybridized carbons (Fsp3) is 0.385. The second-order valence-corrected chi connectivity index (χ2v) is 4.09. The molecule has 4 heteroatoms. The lowest BCUT2D eigenvalue weighted by Gasteiger charge is -2.14. The Kier molecular flexibility index (Phi) is 3.42. The first-order valence-electron chi connectivity index (χ1n) is 5.80. The Morgan fingerprint density at radius 1 is 1.59 bits per heavy atom. The van der Waals surface area contributed by atoms with Crippen LogP contribution in [0, 0.1) is 4.91 Å². The lowest BCUT2D eigenvalue weighted by Crippen LogP contribution is -2.08. The average molecular weight is 230 g/mol. The summed E-state index contributed by atoms with van der Waals surface area (Å²) in [5.41, 5.74) is 2.16. The number of carbonyl (C=O) groups excluding carboxylic acids is 1. The predicted octanol–water partition coefficient (Wildman–Crippen LogP) is 2.98. The van der Waals surface area contributed by atoms with Crippen LogP contribution in [0.5, 0.6) is 0 Å². The zero-order valence-corrected chi connectivity index (χ0v) is 9.72. The molecule has 4 nitrogen and oxygen atoms in total. The third kappa shape index (κ3) is 2.16. The van der Waals surface area contributed by atoms with Crippen molar-refractivity contribution >= 4 is 5.91 Å². The summed E-state index contributed by atoms with van der Waals surface area (Å²) < 4.78 is 0. The van der Waals surface area contributed by atoms with Crippen molar-refractivity contribution in [2.24, 2.45) is 5.18 Å². The van der Waals surface area contributed by atoms with Crippen molar-refractivity contribution in [1.29, 1.82) is 0 Å². The largest absolute Gasteiger partial charge is 0.335 e. The van der Waals surface area contributed by atoms with Gasteiger partial charge in [-0.3, -0.25) is 9.78 Å². The molecule has 1 aromatic heterocycles. The summed E-state index contributed by atoms with van der Waals surface area (Å²) in [6.07, 6.45) is 8.68. The molecule has 0 N–H and O–H groups in total. The van der Waals surface area contributed by atoms with Gasteiger partial charge < -0.3 is 0 Å². The van der Waals surface area contributed by atoms with Gasteiger partial charge in [0.1, 0.15) is 5.69 Å². The van der Waals surface area contributed by atoms with Gasteiger partial charge >= 0.3 is 5.91 Å². The Hall–Kier alpha value is -1.84. The van der Waals surface area contributed by atoms with E-state index >= 15 is 0 Å². The van der Waals surface area contributed by atoms with Crippen LogP contribution >= 0.6 is 0 Å². The molecule has 1 atom stereocenters. The normalized spacial score (nSPS) is 18.3. The monoisotopic (exact) mass is 230 g/mol. The second kappa shape index (κ2) is 4.99. The van der Waals surface area contributed by atoms with Crippen molar-refractivity contribution in [3.63, 3.8) is 0 Å². The molecule has 1 heterocycles. The maximum Gasteiger partial charge on any atom is 0.335 e. The van der Waals surface area contributed by atoms with Gasteiger partial charge in [-0.15, -0.1) is 4.91 Å². The molecule has 88 valence electrons. The first-order chi connectivity index (χ1) is 8.27. The fourth-order valence-electron chi connectivity index (χ4n) is 2.35. The third-order valence-corrected chi connectivity index (χ3v) is 3.14. The Balaban J connectivity index is 2.48. The Morgan fingerprint density at radius 3 is 3.00 bits per heavy atom. The zero-order chi connectivity index (χ0) is 12.3. The quantitative estimate of drug-likeness (QED) is 0.592. The molecule has 1 unspecified atom stereocenters. The number of nitrogens with zero attached hydrogens (tertiary/aromatic N) is 2. The molecule has 1 amide bonds. The summed E-state index contributed by atoms with van der Waals surface area (Å²) in [6.45, 7) is 1.96. The lowest BCUT2D eigenvalue weighted by atomic mass is 9.92. The van der Waals surface area contributed by atoms with Crippen LogP contribution in [0.3, 0.4) is 0 Å². The summed E-state index contributed by atoms with van der Waals surface area (Å²) in [7, 11) is 0. The van der Waals surface area contributed by atoms with Crippen LogP contribution in [-0.4, -0.2) is 10.9 Å². The van der Waals surface area contributed by atoms with Gasteiger partial charge in [-0.2, -0.15) is 0 Å². The van der Waals surface area contributed by atoms with E-state index in [0.717, 1.165) is 24.0 Å². The fourth-order valence-corrected chi connectivity index (χ4v) is 2.35. The van der Waals surface area contributed by atoms with Gasteiger partial charge in [0.25, 0.3) is 0 Å². The first kappa shape index (κ1) is 11.6. The van der Waals surface area contributed by atoms with Gasteiger partial charge in [-0.1, -0.05) is 19.1 Å². The van der Waals surface area contributed by atoms with E-state index in [1.807, 2.05) is 13.0 Å². The average Bonchev–Trinajstić information content (AvgIpc) is 2.90. The van der Waals surface area contributed by atoms with Crippen molar-refractivity contribution in [2.75, 3.05) is 0 Å². The molecule has 2 rings (SSSR count). The van der Waals surface area contributed by atoms with Crippen molar-refractivity contribution in [1.82, 2.24) is 4.98 Å². The molecule has 0 spiro atoms. The Labute approximate surface area is 99.7 Å². The van der Waals surface area contributed by atoms with Crippen LogP contribution in [0.4, 0.5) is 0 Å². The molecule has 1 aliphatic rings. The Bertz CT molecular complexity index is 480. The van der Waals surface area contributed by atoms with Gasteiger partial charge in [0.05, 0.1) is 0 Å². The number of nitroso groups, excluding NO2 is 1. The van der Waals surface area contributed by atoms with Gasteiger partial charge in [0.15, 0.2) is 0 Å². The summed E-state index contributed by atoms with van der Waals surface area (Å²) in [5, 5.41) is 2.47. The molecule has 1 aromatic rings. The topological polar surface area (TPSA) is 59.4 Å². The summed E-state index contributed by atoms with van der Waals surface area (Å²) in [4.78, 5) is 25.7. The maximum atomic E-state index is 11.4. The van der Waals surface area contributed by atoms with E-state index in [9.17, 15) is 9.70 Å². The Morgan fingerprint density at radius 2 is 2.41 bits per heavy atom. The van der Waals surface area contributed by atoms with Crippen LogP contribution in [0.2, 0.25) is 0 Å². The van der Waals surface area contributed by atoms with E-state index < -0.39 is 5.91 Å². The number of aromatic nitrogens is 1. The van der Waals surface area contributed by atoms with E-state index in [2.05, 4.69) is 22.3 Å². The minimum absolute atomic E-state index is 0.209. The second-order valence-electron chi connectivity index (χ2n) is 4.09. The highest BCUT2D eigenvalue weighted by Crippen LogP contribution is 2.31. The molecule has 0 bridgehead atoms. The molecular weight excluding hydrogens is 216 g/mol. The molecule has 1 aliphatic carbocycles. The van der Waals surface area contributed by atoms with Crippen LogP contribution in [0.15, 0.2) is 29.6 Å². The summed E-state index contributed by atoms with van der Waals surface area (Å²) >= 11 is 0. The van der Waals surface area contributed by atoms with Crippen LogP contribution in [0.25, 0.3) is 0 Å². The third-order valence-electron chi connectivity index (χ3n) is 3.14. The SMILES string of the molecule is CCc1c(C2C=CCC2)ccnc1C(=O)N=O. The lowest BCUT2D eigenvalue weighted by molar-refractivity contribution is 0.0995. The van der Waals surface area contributed by atoms with Crippen molar-refractivity contribution in [3.8, 4) is 0 Å². The highest BCUT2D eigenvalue weighted by Gasteiger charge is 2.20. The van der Waals surface area contributed by atoms with Crippen LogP contribution in [-0.2, 0) is 6.42 Å². The van der Waals surface area contributed by atoms with Crippen LogP contribution < -0.4 is 0 Å². The van der Waals surface area contributed by atoms with Gasteiger partial charge in [0, 0.05) is 17.3 Å². The number of hydrogen-bond acceptors (Lipinski definition) is 3. The summed E-state index contributed by atoms with van der Waals surface area (Å²) in [6, 6.07) is 1.93. The smallest absolute Gasteiger partial charge is 0.261 e. The number of carbonyl (C=O) groups is 1. The van der Waals surface area contributed by atoms with Crippen LogP contribution in [0.1, 0.15) is 47.3 Å². The minimum Gasteiger partial charge on any atom is -0.261 e. The summed E-state index contributed by atoms with van der Waals surface area (Å²) in [5.74, 6) is -0.433. The molecule has 0 radical (unpaired) electrons. The molecule has 0 aromatic carbocycles. The van der Waals surface area contributed by atoms with Gasteiger partial charge in [-0.25, -0.2) is 0 Å². The number of pyridine rings is 1. The number of hydrogen-bond donors (Lipinski definition) is 0. The zero-order valence-electron chi connectivity index (χ0n) is 9.72. The van der Waals surface area contributed by atoms with E-state index in [0.29, 0.717) is 12.3 Å². The molecule has 0 saturated carbocycles. The van der Waals surface area contributed by atoms with E-state index in [1.165, 1.54) is 0 Å². The van der Waals surface area contributed by atoms with Gasteiger partial charge in [-0.05, 0) is 36.5 Å². The highest BCUT2D eigenvalue weighted by molar-refractivity contribution is 5.94. The molecule has 0 aliphatic heterocycles. The minimum atomic E-state index is -0.773. The van der Waals surface area contributed by atoms with Crippen molar-refractivity contribution in [2.45, 2.75) is 32.1 Å². The highest BCUT2D eigenvalue weighted by atomic mass is 16.3. The molecular formula is C13H14N2O2. The first-order valence-corrected chi connectivity index (χ1v) is 5.80. The van der Waals surface area contributed by atoms with E-state index in [-0.39, 0.29) is 5.69 Å². The van der Waals surface area contributed by atoms with Crippen molar-refractivity contribution < 1.29 is 4.79 Å². The maximum absolute atomic E-state index is 11.4. The number of allylic oxidation sites excluding steroid dienone is 2. The van der Waals surface area contributed by atoms with E-state index in [1.54, 1.807) is 6.20 Å². The predicted molar refractivity (Wildman–Crippen MR) is 64.9 cm³/mol. The standard InChI is InChI=1S/C13H14N2O2/c1-2-10-11(9-5-3-4-6-9)7-8-14-12(10)13(16)15-17/h3,5,7-9H,2,4,6H2,1H3. The number of amides is 1. The number of rotatable bonds is 3.